The van der Waals surface area contributed by atoms with Crippen molar-refractivity contribution in [1.82, 2.24) is 4.31 Å². The molecule has 1 heterocycles. The standard InChI is InChI=1S/C13H19NOS/c1-3-15-12-4-6-13(7-5-12)16-14-9-8-11(2)10-14/h4-7,11H,3,8-10H2,1-2H3/t11-/m0/s1. The van der Waals surface area contributed by atoms with Gasteiger partial charge in [-0.1, -0.05) is 6.92 Å². The fraction of sp³-hybridized carbons (Fsp3) is 0.538. The molecule has 1 fully saturated rings. The molecule has 1 saturated heterocycles. The number of hydrogen-bond acceptors (Lipinski definition) is 3. The summed E-state index contributed by atoms with van der Waals surface area (Å²) in [5.74, 6) is 1.80. The Morgan fingerprint density at radius 2 is 2.12 bits per heavy atom. The fourth-order valence-electron chi connectivity index (χ4n) is 1.89. The molecule has 0 spiro atoms. The molecule has 1 atom stereocenters. The van der Waals surface area contributed by atoms with Crippen LogP contribution in [0.25, 0.3) is 0 Å². The van der Waals surface area contributed by atoms with Crippen LogP contribution in [0.2, 0.25) is 0 Å². The molecule has 0 radical (unpaired) electrons. The molecule has 16 heavy (non-hydrogen) atoms. The summed E-state index contributed by atoms with van der Waals surface area (Å²) >= 11 is 1.86. The van der Waals surface area contributed by atoms with Crippen molar-refractivity contribution in [3.05, 3.63) is 24.3 Å². The third kappa shape index (κ3) is 3.16. The topological polar surface area (TPSA) is 12.5 Å². The first kappa shape index (κ1) is 11.8. The van der Waals surface area contributed by atoms with Gasteiger partial charge in [0.2, 0.25) is 0 Å². The third-order valence-electron chi connectivity index (χ3n) is 2.76. The lowest BCUT2D eigenvalue weighted by molar-refractivity contribution is 0.340. The molecule has 0 amide bonds. The van der Waals surface area contributed by atoms with Crippen LogP contribution in [0, 0.1) is 5.92 Å². The second-order valence-corrected chi connectivity index (χ2v) is 5.45. The van der Waals surface area contributed by atoms with E-state index in [-0.39, 0.29) is 0 Å². The summed E-state index contributed by atoms with van der Waals surface area (Å²) in [4.78, 5) is 1.30. The number of hydrogen-bond donors (Lipinski definition) is 0. The van der Waals surface area contributed by atoms with Gasteiger partial charge in [0, 0.05) is 18.0 Å². The highest BCUT2D eigenvalue weighted by Crippen LogP contribution is 2.29. The van der Waals surface area contributed by atoms with Gasteiger partial charge in [0.15, 0.2) is 0 Å². The van der Waals surface area contributed by atoms with Gasteiger partial charge in [-0.25, -0.2) is 4.31 Å². The summed E-state index contributed by atoms with van der Waals surface area (Å²) < 4.78 is 7.87. The SMILES string of the molecule is CCOc1ccc(SN2CC[C@H](C)C2)cc1. The van der Waals surface area contributed by atoms with E-state index in [0.717, 1.165) is 18.3 Å². The molecule has 1 aromatic rings. The minimum atomic E-state index is 0.732. The Bertz CT molecular complexity index is 325. The zero-order valence-corrected chi connectivity index (χ0v) is 10.8. The molecule has 3 heteroatoms. The zero-order chi connectivity index (χ0) is 11.4. The predicted octanol–water partition coefficient (Wildman–Crippen LogP) is 3.43. The lowest BCUT2D eigenvalue weighted by Gasteiger charge is -2.14. The molecule has 1 aliphatic heterocycles. The molecule has 0 aliphatic carbocycles. The van der Waals surface area contributed by atoms with Crippen molar-refractivity contribution in [3.63, 3.8) is 0 Å². The summed E-state index contributed by atoms with van der Waals surface area (Å²) in [6.07, 6.45) is 1.32. The zero-order valence-electron chi connectivity index (χ0n) is 9.98. The molecule has 1 aliphatic rings. The molecule has 0 aromatic heterocycles. The Balaban J connectivity index is 1.89. The average molecular weight is 237 g/mol. The number of benzene rings is 1. The monoisotopic (exact) mass is 237 g/mol. The van der Waals surface area contributed by atoms with Gasteiger partial charge in [0.05, 0.1) is 6.61 Å². The van der Waals surface area contributed by atoms with E-state index in [1.165, 1.54) is 24.4 Å². The molecule has 0 N–H and O–H groups in total. The molecule has 88 valence electrons. The van der Waals surface area contributed by atoms with Gasteiger partial charge in [0.1, 0.15) is 5.75 Å². The van der Waals surface area contributed by atoms with Gasteiger partial charge < -0.3 is 4.74 Å². The van der Waals surface area contributed by atoms with Crippen LogP contribution in [0.5, 0.6) is 5.75 Å². The third-order valence-corrected chi connectivity index (χ3v) is 3.83. The number of rotatable bonds is 4. The van der Waals surface area contributed by atoms with Gasteiger partial charge >= 0.3 is 0 Å². The van der Waals surface area contributed by atoms with Crippen LogP contribution in [0.1, 0.15) is 20.3 Å². The van der Waals surface area contributed by atoms with Gasteiger partial charge in [-0.05, 0) is 55.5 Å². The van der Waals surface area contributed by atoms with Gasteiger partial charge in [-0.3, -0.25) is 0 Å². The predicted molar refractivity (Wildman–Crippen MR) is 68.8 cm³/mol. The second kappa shape index (κ2) is 5.60. The van der Waals surface area contributed by atoms with Crippen molar-refractivity contribution in [2.45, 2.75) is 25.2 Å². The number of ether oxygens (including phenoxy) is 1. The van der Waals surface area contributed by atoms with Crippen molar-refractivity contribution in [1.29, 1.82) is 0 Å². The first-order valence-corrected chi connectivity index (χ1v) is 6.71. The Hall–Kier alpha value is -0.670. The smallest absolute Gasteiger partial charge is 0.119 e. The van der Waals surface area contributed by atoms with Crippen molar-refractivity contribution in [2.75, 3.05) is 19.7 Å². The molecule has 2 rings (SSSR count). The molecule has 0 bridgehead atoms. The molecular weight excluding hydrogens is 218 g/mol. The summed E-state index contributed by atoms with van der Waals surface area (Å²) in [6.45, 7) is 7.47. The van der Waals surface area contributed by atoms with E-state index in [1.807, 2.05) is 31.0 Å². The van der Waals surface area contributed by atoms with Crippen LogP contribution >= 0.6 is 11.9 Å². The summed E-state index contributed by atoms with van der Waals surface area (Å²) in [5.41, 5.74) is 0. The Labute approximate surface area is 102 Å². The Kier molecular flexibility index (Phi) is 4.13. The van der Waals surface area contributed by atoms with E-state index in [9.17, 15) is 0 Å². The lowest BCUT2D eigenvalue weighted by atomic mass is 10.2. The van der Waals surface area contributed by atoms with E-state index < -0.39 is 0 Å². The van der Waals surface area contributed by atoms with E-state index in [4.69, 9.17) is 4.74 Å². The van der Waals surface area contributed by atoms with Crippen LogP contribution in [0.3, 0.4) is 0 Å². The molecule has 2 nitrogen and oxygen atoms in total. The van der Waals surface area contributed by atoms with Crippen LogP contribution in [0.4, 0.5) is 0 Å². The van der Waals surface area contributed by atoms with E-state index >= 15 is 0 Å². The Morgan fingerprint density at radius 3 is 2.69 bits per heavy atom. The second-order valence-electron chi connectivity index (χ2n) is 4.28. The van der Waals surface area contributed by atoms with Crippen LogP contribution in [0.15, 0.2) is 29.2 Å². The number of nitrogens with zero attached hydrogens (tertiary/aromatic N) is 1. The maximum absolute atomic E-state index is 5.43. The molecular formula is C13H19NOS. The van der Waals surface area contributed by atoms with E-state index in [2.05, 4.69) is 23.4 Å². The first-order chi connectivity index (χ1) is 7.78. The molecule has 1 aromatic carbocycles. The quantitative estimate of drug-likeness (QED) is 0.744. The Morgan fingerprint density at radius 1 is 1.38 bits per heavy atom. The molecule has 0 saturated carbocycles. The first-order valence-electron chi connectivity index (χ1n) is 5.93. The van der Waals surface area contributed by atoms with Crippen LogP contribution in [-0.2, 0) is 0 Å². The average Bonchev–Trinajstić information content (AvgIpc) is 2.67. The largest absolute Gasteiger partial charge is 0.494 e. The maximum atomic E-state index is 5.43. The van der Waals surface area contributed by atoms with Crippen molar-refractivity contribution < 1.29 is 4.74 Å². The fourth-order valence-corrected chi connectivity index (χ4v) is 2.97. The molecule has 0 unspecified atom stereocenters. The van der Waals surface area contributed by atoms with E-state index in [1.54, 1.807) is 0 Å². The van der Waals surface area contributed by atoms with Gasteiger partial charge in [-0.15, -0.1) is 0 Å². The summed E-state index contributed by atoms with van der Waals surface area (Å²) in [7, 11) is 0. The summed E-state index contributed by atoms with van der Waals surface area (Å²) in [5, 5.41) is 0. The van der Waals surface area contributed by atoms with Crippen LogP contribution < -0.4 is 4.74 Å². The van der Waals surface area contributed by atoms with Crippen molar-refractivity contribution >= 4 is 11.9 Å². The summed E-state index contributed by atoms with van der Waals surface area (Å²) in [6, 6.07) is 8.37. The van der Waals surface area contributed by atoms with Crippen molar-refractivity contribution in [3.8, 4) is 5.75 Å². The van der Waals surface area contributed by atoms with Gasteiger partial charge in [0.25, 0.3) is 0 Å². The highest BCUT2D eigenvalue weighted by Gasteiger charge is 2.19. The normalized spacial score (nSPS) is 21.2. The highest BCUT2D eigenvalue weighted by molar-refractivity contribution is 7.97. The van der Waals surface area contributed by atoms with Crippen LogP contribution in [-0.4, -0.2) is 24.0 Å². The minimum absolute atomic E-state index is 0.732. The maximum Gasteiger partial charge on any atom is 0.119 e. The van der Waals surface area contributed by atoms with E-state index in [0.29, 0.717) is 0 Å². The van der Waals surface area contributed by atoms with Gasteiger partial charge in [-0.2, -0.15) is 0 Å². The minimum Gasteiger partial charge on any atom is -0.494 e. The lowest BCUT2D eigenvalue weighted by Crippen LogP contribution is -2.10. The van der Waals surface area contributed by atoms with Crippen molar-refractivity contribution in [2.24, 2.45) is 5.92 Å². The highest BCUT2D eigenvalue weighted by atomic mass is 32.2.